The SMILES string of the molecule is COC(=O)c1ncc2cc(NCc3ccc(OC)cc3)ccc2c1O. The molecular formula is C19H18N2O4. The van der Waals surface area contributed by atoms with Crippen LogP contribution in [-0.4, -0.2) is 30.3 Å². The van der Waals surface area contributed by atoms with E-state index in [4.69, 9.17) is 4.74 Å². The van der Waals surface area contributed by atoms with Gasteiger partial charge in [-0.1, -0.05) is 12.1 Å². The highest BCUT2D eigenvalue weighted by Crippen LogP contribution is 2.29. The van der Waals surface area contributed by atoms with Crippen molar-refractivity contribution in [1.29, 1.82) is 0 Å². The second-order valence-corrected chi connectivity index (χ2v) is 5.45. The Hall–Kier alpha value is -3.28. The first-order valence-electron chi connectivity index (χ1n) is 7.69. The molecule has 0 unspecified atom stereocenters. The Kier molecular flexibility index (Phi) is 4.70. The molecule has 1 aromatic heterocycles. The van der Waals surface area contributed by atoms with Gasteiger partial charge in [0.05, 0.1) is 14.2 Å². The van der Waals surface area contributed by atoms with Gasteiger partial charge in [-0.15, -0.1) is 0 Å². The molecule has 0 bridgehead atoms. The molecule has 0 amide bonds. The molecule has 0 radical (unpaired) electrons. The van der Waals surface area contributed by atoms with Crippen molar-refractivity contribution in [1.82, 2.24) is 4.98 Å². The van der Waals surface area contributed by atoms with Crippen molar-refractivity contribution >= 4 is 22.4 Å². The summed E-state index contributed by atoms with van der Waals surface area (Å²) in [5, 5.41) is 14.8. The number of rotatable bonds is 5. The molecule has 0 spiro atoms. The molecule has 2 aromatic carbocycles. The Morgan fingerprint density at radius 3 is 2.60 bits per heavy atom. The van der Waals surface area contributed by atoms with Gasteiger partial charge in [-0.25, -0.2) is 9.78 Å². The molecule has 3 aromatic rings. The van der Waals surface area contributed by atoms with E-state index >= 15 is 0 Å². The number of methoxy groups -OCH3 is 2. The average Bonchev–Trinajstić information content (AvgIpc) is 2.66. The van der Waals surface area contributed by atoms with E-state index in [1.165, 1.54) is 7.11 Å². The largest absolute Gasteiger partial charge is 0.505 e. The standard InChI is InChI=1S/C19H18N2O4/c1-24-15-6-3-12(4-7-15)10-20-14-5-8-16-13(9-14)11-21-17(18(16)22)19(23)25-2/h3-9,11,20,22H,10H2,1-2H3. The van der Waals surface area contributed by atoms with Crippen molar-refractivity contribution < 1.29 is 19.4 Å². The molecule has 0 fully saturated rings. The fourth-order valence-corrected chi connectivity index (χ4v) is 2.51. The molecule has 0 aliphatic carbocycles. The minimum Gasteiger partial charge on any atom is -0.505 e. The number of nitrogens with one attached hydrogen (secondary N) is 1. The summed E-state index contributed by atoms with van der Waals surface area (Å²) >= 11 is 0. The quantitative estimate of drug-likeness (QED) is 0.695. The second-order valence-electron chi connectivity index (χ2n) is 5.45. The van der Waals surface area contributed by atoms with Crippen molar-refractivity contribution in [3.05, 3.63) is 59.9 Å². The predicted octanol–water partition coefficient (Wildman–Crippen LogP) is 3.35. The van der Waals surface area contributed by atoms with Crippen LogP contribution >= 0.6 is 0 Å². The zero-order valence-electron chi connectivity index (χ0n) is 13.9. The predicted molar refractivity (Wildman–Crippen MR) is 95.1 cm³/mol. The van der Waals surface area contributed by atoms with Gasteiger partial charge in [0.15, 0.2) is 11.4 Å². The Labute approximate surface area is 145 Å². The summed E-state index contributed by atoms with van der Waals surface area (Å²) in [6.45, 7) is 0.648. The van der Waals surface area contributed by atoms with Crippen molar-refractivity contribution in [2.24, 2.45) is 0 Å². The highest BCUT2D eigenvalue weighted by Gasteiger charge is 2.16. The van der Waals surface area contributed by atoms with Gasteiger partial charge in [0.2, 0.25) is 0 Å². The molecule has 0 saturated carbocycles. The lowest BCUT2D eigenvalue weighted by molar-refractivity contribution is 0.0591. The van der Waals surface area contributed by atoms with Crippen LogP contribution in [0.2, 0.25) is 0 Å². The fourth-order valence-electron chi connectivity index (χ4n) is 2.51. The average molecular weight is 338 g/mol. The zero-order valence-corrected chi connectivity index (χ0v) is 13.9. The van der Waals surface area contributed by atoms with Gasteiger partial charge in [0.25, 0.3) is 0 Å². The van der Waals surface area contributed by atoms with Gasteiger partial charge in [-0.2, -0.15) is 0 Å². The van der Waals surface area contributed by atoms with Gasteiger partial charge in [0.1, 0.15) is 5.75 Å². The van der Waals surface area contributed by atoms with Crippen molar-refractivity contribution in [3.8, 4) is 11.5 Å². The number of hydrogen-bond acceptors (Lipinski definition) is 6. The molecular weight excluding hydrogens is 320 g/mol. The fraction of sp³-hybridized carbons (Fsp3) is 0.158. The van der Waals surface area contributed by atoms with E-state index in [0.717, 1.165) is 22.4 Å². The summed E-state index contributed by atoms with van der Waals surface area (Å²) < 4.78 is 9.75. The van der Waals surface area contributed by atoms with Gasteiger partial charge in [-0.05, 0) is 35.9 Å². The van der Waals surface area contributed by atoms with E-state index in [-0.39, 0.29) is 11.4 Å². The van der Waals surface area contributed by atoms with E-state index in [9.17, 15) is 9.90 Å². The summed E-state index contributed by atoms with van der Waals surface area (Å²) in [4.78, 5) is 15.6. The number of carbonyl (C=O) groups is 1. The van der Waals surface area contributed by atoms with Crippen LogP contribution in [0.4, 0.5) is 5.69 Å². The molecule has 6 nitrogen and oxygen atoms in total. The first kappa shape index (κ1) is 16.6. The van der Waals surface area contributed by atoms with E-state index in [2.05, 4.69) is 15.0 Å². The lowest BCUT2D eigenvalue weighted by Crippen LogP contribution is -2.04. The van der Waals surface area contributed by atoms with Crippen LogP contribution in [0.1, 0.15) is 16.1 Å². The molecule has 0 aliphatic rings. The number of carbonyl (C=O) groups excluding carboxylic acids is 1. The molecule has 3 rings (SSSR count). The van der Waals surface area contributed by atoms with Crippen LogP contribution in [0.3, 0.4) is 0 Å². The van der Waals surface area contributed by atoms with Crippen molar-refractivity contribution in [3.63, 3.8) is 0 Å². The second kappa shape index (κ2) is 7.09. The summed E-state index contributed by atoms with van der Waals surface area (Å²) in [5.41, 5.74) is 1.91. The number of fused-ring (bicyclic) bond motifs is 1. The van der Waals surface area contributed by atoms with Gasteiger partial charge in [0, 0.05) is 29.2 Å². The lowest BCUT2D eigenvalue weighted by atomic mass is 10.1. The van der Waals surface area contributed by atoms with E-state index in [0.29, 0.717) is 11.9 Å². The topological polar surface area (TPSA) is 80.7 Å². The van der Waals surface area contributed by atoms with Crippen LogP contribution in [0.25, 0.3) is 10.8 Å². The van der Waals surface area contributed by atoms with Crippen LogP contribution in [0.15, 0.2) is 48.7 Å². The number of aromatic nitrogens is 1. The van der Waals surface area contributed by atoms with Gasteiger partial charge >= 0.3 is 5.97 Å². The number of hydrogen-bond donors (Lipinski definition) is 2. The summed E-state index contributed by atoms with van der Waals surface area (Å²) in [6.07, 6.45) is 1.54. The number of nitrogens with zero attached hydrogens (tertiary/aromatic N) is 1. The Morgan fingerprint density at radius 1 is 1.16 bits per heavy atom. The van der Waals surface area contributed by atoms with Crippen LogP contribution in [0, 0.1) is 0 Å². The first-order chi connectivity index (χ1) is 12.1. The van der Waals surface area contributed by atoms with Crippen LogP contribution < -0.4 is 10.1 Å². The number of ether oxygens (including phenoxy) is 2. The third-order valence-corrected chi connectivity index (χ3v) is 3.90. The Balaban J connectivity index is 1.80. The Bertz CT molecular complexity index is 907. The molecule has 0 atom stereocenters. The number of pyridine rings is 1. The van der Waals surface area contributed by atoms with Gasteiger partial charge in [-0.3, -0.25) is 0 Å². The van der Waals surface area contributed by atoms with E-state index in [1.54, 1.807) is 19.4 Å². The maximum absolute atomic E-state index is 11.6. The zero-order chi connectivity index (χ0) is 17.8. The summed E-state index contributed by atoms with van der Waals surface area (Å²) in [6, 6.07) is 13.3. The maximum Gasteiger partial charge on any atom is 0.360 e. The molecule has 0 saturated heterocycles. The van der Waals surface area contributed by atoms with E-state index in [1.807, 2.05) is 36.4 Å². The number of benzene rings is 2. The maximum atomic E-state index is 11.6. The van der Waals surface area contributed by atoms with E-state index < -0.39 is 5.97 Å². The molecule has 2 N–H and O–H groups in total. The smallest absolute Gasteiger partial charge is 0.360 e. The third kappa shape index (κ3) is 3.47. The lowest BCUT2D eigenvalue weighted by Gasteiger charge is -2.10. The minimum atomic E-state index is -0.666. The number of esters is 1. The normalized spacial score (nSPS) is 10.5. The minimum absolute atomic E-state index is 0.0889. The highest BCUT2D eigenvalue weighted by atomic mass is 16.5. The molecule has 128 valence electrons. The van der Waals surface area contributed by atoms with Crippen molar-refractivity contribution in [2.75, 3.05) is 19.5 Å². The molecule has 6 heteroatoms. The van der Waals surface area contributed by atoms with Gasteiger partial charge < -0.3 is 19.9 Å². The monoisotopic (exact) mass is 338 g/mol. The molecule has 0 aliphatic heterocycles. The highest BCUT2D eigenvalue weighted by molar-refractivity contribution is 5.99. The summed E-state index contributed by atoms with van der Waals surface area (Å²) in [5.74, 6) is -0.0235. The van der Waals surface area contributed by atoms with Crippen LogP contribution in [0.5, 0.6) is 11.5 Å². The van der Waals surface area contributed by atoms with Crippen LogP contribution in [-0.2, 0) is 11.3 Å². The first-order valence-corrected chi connectivity index (χ1v) is 7.69. The Morgan fingerprint density at radius 2 is 1.92 bits per heavy atom. The molecule has 1 heterocycles. The number of aromatic hydroxyl groups is 1. The third-order valence-electron chi connectivity index (χ3n) is 3.90. The summed E-state index contributed by atoms with van der Waals surface area (Å²) in [7, 11) is 2.89. The molecule has 25 heavy (non-hydrogen) atoms. The number of anilines is 1. The van der Waals surface area contributed by atoms with Crippen molar-refractivity contribution in [2.45, 2.75) is 6.54 Å².